The van der Waals surface area contributed by atoms with Gasteiger partial charge < -0.3 is 10.4 Å². The van der Waals surface area contributed by atoms with Crippen molar-refractivity contribution in [2.45, 2.75) is 12.8 Å². The number of aliphatic carboxylic acids is 1. The molecular weight excluding hydrogens is 276 g/mol. The quantitative estimate of drug-likeness (QED) is 0.502. The molecule has 0 radical (unpaired) electrons. The molecule has 0 aromatic heterocycles. The summed E-state index contributed by atoms with van der Waals surface area (Å²) in [6.45, 7) is 0. The van der Waals surface area contributed by atoms with Crippen LogP contribution in [-0.2, 0) is 9.59 Å². The minimum atomic E-state index is -1.02. The van der Waals surface area contributed by atoms with Crippen LogP contribution in [-0.4, -0.2) is 21.9 Å². The van der Waals surface area contributed by atoms with Crippen molar-refractivity contribution in [2.75, 3.05) is 5.32 Å². The van der Waals surface area contributed by atoms with Crippen molar-refractivity contribution in [3.05, 3.63) is 46.5 Å². The van der Waals surface area contributed by atoms with E-state index in [1.54, 1.807) is 12.2 Å². The van der Waals surface area contributed by atoms with Gasteiger partial charge in [0.05, 0.1) is 16.8 Å². The lowest BCUT2D eigenvalue weighted by molar-refractivity contribution is -0.384. The number of carbonyl (C=O) groups excluding carboxylic acids is 1. The Morgan fingerprint density at radius 2 is 1.90 bits per heavy atom. The topological polar surface area (TPSA) is 110 Å². The second kappa shape index (κ2) is 6.17. The lowest BCUT2D eigenvalue weighted by Crippen LogP contribution is -2.34. The van der Waals surface area contributed by atoms with Gasteiger partial charge in [0.1, 0.15) is 0 Å². The Morgan fingerprint density at radius 1 is 1.24 bits per heavy atom. The molecule has 0 saturated carbocycles. The normalized spacial score (nSPS) is 20.8. The van der Waals surface area contributed by atoms with Gasteiger partial charge in [0.15, 0.2) is 0 Å². The molecule has 2 N–H and O–H groups in total. The molecule has 0 aliphatic heterocycles. The van der Waals surface area contributed by atoms with Gasteiger partial charge in [-0.3, -0.25) is 19.7 Å². The van der Waals surface area contributed by atoms with Crippen LogP contribution < -0.4 is 5.32 Å². The number of anilines is 1. The molecule has 2 rings (SSSR count). The Labute approximate surface area is 120 Å². The lowest BCUT2D eigenvalue weighted by atomic mass is 9.82. The summed E-state index contributed by atoms with van der Waals surface area (Å²) < 4.78 is 0. The Balaban J connectivity index is 2.13. The number of allylic oxidation sites excluding steroid dienone is 2. The van der Waals surface area contributed by atoms with E-state index in [0.29, 0.717) is 12.8 Å². The van der Waals surface area contributed by atoms with E-state index < -0.39 is 28.6 Å². The van der Waals surface area contributed by atoms with Crippen molar-refractivity contribution in [3.8, 4) is 0 Å². The Bertz CT molecular complexity index is 611. The van der Waals surface area contributed by atoms with Crippen LogP contribution in [0.3, 0.4) is 0 Å². The smallest absolute Gasteiger partial charge is 0.307 e. The largest absolute Gasteiger partial charge is 0.481 e. The van der Waals surface area contributed by atoms with Crippen LogP contribution in [0.4, 0.5) is 11.4 Å². The summed E-state index contributed by atoms with van der Waals surface area (Å²) in [5.41, 5.74) is 0.152. The van der Waals surface area contributed by atoms with Gasteiger partial charge in [0.2, 0.25) is 5.91 Å². The fraction of sp³-hybridized carbons (Fsp3) is 0.286. The number of nitrogens with one attached hydrogen (secondary N) is 1. The predicted molar refractivity (Wildman–Crippen MR) is 74.7 cm³/mol. The monoisotopic (exact) mass is 290 g/mol. The average Bonchev–Trinajstić information content (AvgIpc) is 2.47. The summed E-state index contributed by atoms with van der Waals surface area (Å²) in [5, 5.41) is 22.4. The van der Waals surface area contributed by atoms with Gasteiger partial charge in [0, 0.05) is 17.8 Å². The third kappa shape index (κ3) is 3.44. The molecule has 0 heterocycles. The van der Waals surface area contributed by atoms with Crippen LogP contribution in [0, 0.1) is 22.0 Å². The molecule has 21 heavy (non-hydrogen) atoms. The molecule has 7 heteroatoms. The van der Waals surface area contributed by atoms with Gasteiger partial charge >= 0.3 is 5.97 Å². The third-order valence-electron chi connectivity index (χ3n) is 3.41. The molecule has 1 aliphatic carbocycles. The van der Waals surface area contributed by atoms with Gasteiger partial charge in [-0.25, -0.2) is 0 Å². The third-order valence-corrected chi connectivity index (χ3v) is 3.41. The maximum absolute atomic E-state index is 12.2. The van der Waals surface area contributed by atoms with Gasteiger partial charge in [-0.1, -0.05) is 18.2 Å². The number of nitro benzene ring substituents is 1. The minimum Gasteiger partial charge on any atom is -0.481 e. The molecule has 2 atom stereocenters. The average molecular weight is 290 g/mol. The van der Waals surface area contributed by atoms with Crippen LogP contribution in [0.5, 0.6) is 0 Å². The van der Waals surface area contributed by atoms with Crippen molar-refractivity contribution in [1.82, 2.24) is 0 Å². The molecular formula is C14H14N2O5. The number of amides is 1. The van der Waals surface area contributed by atoms with Crippen LogP contribution in [0.25, 0.3) is 0 Å². The van der Waals surface area contributed by atoms with Gasteiger partial charge in [0.25, 0.3) is 5.69 Å². The number of benzene rings is 1. The number of non-ortho nitro benzene ring substituents is 1. The van der Waals surface area contributed by atoms with Crippen molar-refractivity contribution in [1.29, 1.82) is 0 Å². The van der Waals surface area contributed by atoms with Crippen molar-refractivity contribution >= 4 is 23.3 Å². The molecule has 1 aliphatic rings. The standard InChI is InChI=1S/C14H14N2O5/c17-13(11-6-1-2-7-12(11)14(18)19)15-9-4-3-5-10(8-9)16(20)21/h1-5,8,11-12H,6-7H2,(H,15,17)(H,18,19)/t11-,12+/m0/s1. The van der Waals surface area contributed by atoms with E-state index in [9.17, 15) is 19.7 Å². The van der Waals surface area contributed by atoms with Crippen molar-refractivity contribution in [3.63, 3.8) is 0 Å². The highest BCUT2D eigenvalue weighted by Crippen LogP contribution is 2.27. The molecule has 0 saturated heterocycles. The summed E-state index contributed by atoms with van der Waals surface area (Å²) in [6, 6.07) is 5.55. The predicted octanol–water partition coefficient (Wildman–Crippen LogP) is 2.20. The van der Waals surface area contributed by atoms with Crippen LogP contribution in [0.15, 0.2) is 36.4 Å². The number of nitro groups is 1. The highest BCUT2D eigenvalue weighted by molar-refractivity contribution is 5.95. The van der Waals surface area contributed by atoms with E-state index in [4.69, 9.17) is 5.11 Å². The van der Waals surface area contributed by atoms with E-state index in [2.05, 4.69) is 5.32 Å². The molecule has 7 nitrogen and oxygen atoms in total. The zero-order chi connectivity index (χ0) is 15.4. The summed E-state index contributed by atoms with van der Waals surface area (Å²) >= 11 is 0. The first-order chi connectivity index (χ1) is 9.99. The summed E-state index contributed by atoms with van der Waals surface area (Å²) in [5.74, 6) is -2.90. The highest BCUT2D eigenvalue weighted by Gasteiger charge is 2.34. The zero-order valence-corrected chi connectivity index (χ0v) is 11.1. The maximum atomic E-state index is 12.2. The number of hydrogen-bond acceptors (Lipinski definition) is 4. The first-order valence-electron chi connectivity index (χ1n) is 6.42. The van der Waals surface area contributed by atoms with Crippen LogP contribution in [0.2, 0.25) is 0 Å². The SMILES string of the molecule is O=C(Nc1cccc([N+](=O)[O-])c1)[C@H]1CC=CC[C@H]1C(=O)O. The molecule has 1 aromatic carbocycles. The van der Waals surface area contributed by atoms with Gasteiger partial charge in [-0.2, -0.15) is 0 Å². The summed E-state index contributed by atoms with van der Waals surface area (Å²) in [6.07, 6.45) is 4.17. The maximum Gasteiger partial charge on any atom is 0.307 e. The molecule has 0 fully saturated rings. The molecule has 1 aromatic rings. The Kier molecular flexibility index (Phi) is 4.32. The molecule has 0 bridgehead atoms. The first-order valence-corrected chi connectivity index (χ1v) is 6.42. The number of rotatable bonds is 4. The van der Waals surface area contributed by atoms with E-state index in [0.717, 1.165) is 0 Å². The van der Waals surface area contributed by atoms with E-state index >= 15 is 0 Å². The molecule has 0 unspecified atom stereocenters. The number of carboxylic acid groups (broad SMARTS) is 1. The van der Waals surface area contributed by atoms with Gasteiger partial charge in [-0.15, -0.1) is 0 Å². The zero-order valence-electron chi connectivity index (χ0n) is 11.1. The summed E-state index contributed by atoms with van der Waals surface area (Å²) in [7, 11) is 0. The van der Waals surface area contributed by atoms with E-state index in [1.807, 2.05) is 0 Å². The minimum absolute atomic E-state index is 0.133. The first kappa shape index (κ1) is 14.7. The Morgan fingerprint density at radius 3 is 2.52 bits per heavy atom. The number of hydrogen-bond donors (Lipinski definition) is 2. The van der Waals surface area contributed by atoms with Gasteiger partial charge in [-0.05, 0) is 18.9 Å². The van der Waals surface area contributed by atoms with Crippen molar-refractivity contribution < 1.29 is 19.6 Å². The summed E-state index contributed by atoms with van der Waals surface area (Å²) in [4.78, 5) is 33.5. The van der Waals surface area contributed by atoms with Crippen molar-refractivity contribution in [2.24, 2.45) is 11.8 Å². The number of nitrogens with zero attached hydrogens (tertiary/aromatic N) is 1. The van der Waals surface area contributed by atoms with E-state index in [1.165, 1.54) is 24.3 Å². The second-order valence-corrected chi connectivity index (χ2v) is 4.79. The number of carboxylic acids is 1. The lowest BCUT2D eigenvalue weighted by Gasteiger charge is -2.24. The van der Waals surface area contributed by atoms with Crippen LogP contribution >= 0.6 is 0 Å². The fourth-order valence-electron chi connectivity index (χ4n) is 2.31. The second-order valence-electron chi connectivity index (χ2n) is 4.79. The molecule has 110 valence electrons. The fourth-order valence-corrected chi connectivity index (χ4v) is 2.31. The van der Waals surface area contributed by atoms with E-state index in [-0.39, 0.29) is 11.4 Å². The Hall–Kier alpha value is -2.70. The number of carbonyl (C=O) groups is 2. The van der Waals surface area contributed by atoms with Crippen LogP contribution in [0.1, 0.15) is 12.8 Å². The highest BCUT2D eigenvalue weighted by atomic mass is 16.6. The molecule has 1 amide bonds. The molecule has 0 spiro atoms.